The Hall–Kier alpha value is -3.15. The SMILES string of the molecule is Cc1cc(C)cc(N2CC(c3nc4ccccc4n3CCC(=O)N3CCCCCC3)CC2=O)c1. The highest BCUT2D eigenvalue weighted by molar-refractivity contribution is 5.96. The number of rotatable bonds is 5. The molecule has 178 valence electrons. The summed E-state index contributed by atoms with van der Waals surface area (Å²) in [6.07, 6.45) is 5.54. The Morgan fingerprint density at radius 2 is 1.71 bits per heavy atom. The highest BCUT2D eigenvalue weighted by atomic mass is 16.2. The summed E-state index contributed by atoms with van der Waals surface area (Å²) in [7, 11) is 0. The van der Waals surface area contributed by atoms with Crippen LogP contribution in [0.3, 0.4) is 0 Å². The van der Waals surface area contributed by atoms with Gasteiger partial charge in [-0.05, 0) is 62.1 Å². The van der Waals surface area contributed by atoms with E-state index >= 15 is 0 Å². The molecule has 6 nitrogen and oxygen atoms in total. The molecule has 6 heteroatoms. The molecule has 0 spiro atoms. The van der Waals surface area contributed by atoms with Gasteiger partial charge in [0.2, 0.25) is 11.8 Å². The largest absolute Gasteiger partial charge is 0.343 e. The number of para-hydroxylation sites is 2. The van der Waals surface area contributed by atoms with Crippen LogP contribution in [0.15, 0.2) is 42.5 Å². The van der Waals surface area contributed by atoms with Crippen LogP contribution in [0, 0.1) is 13.8 Å². The van der Waals surface area contributed by atoms with E-state index in [1.165, 1.54) is 12.8 Å². The van der Waals surface area contributed by atoms with E-state index in [9.17, 15) is 9.59 Å². The van der Waals surface area contributed by atoms with Crippen LogP contribution in [0.2, 0.25) is 0 Å². The van der Waals surface area contributed by atoms with Crippen molar-refractivity contribution in [2.24, 2.45) is 0 Å². The predicted octanol–water partition coefficient (Wildman–Crippen LogP) is 4.97. The number of hydrogen-bond acceptors (Lipinski definition) is 3. The van der Waals surface area contributed by atoms with Crippen molar-refractivity contribution in [3.8, 4) is 0 Å². The van der Waals surface area contributed by atoms with Gasteiger partial charge in [0.1, 0.15) is 5.82 Å². The van der Waals surface area contributed by atoms with Gasteiger partial charge in [0.15, 0.2) is 0 Å². The van der Waals surface area contributed by atoms with Gasteiger partial charge in [-0.2, -0.15) is 0 Å². The molecule has 5 rings (SSSR count). The second kappa shape index (κ2) is 9.61. The lowest BCUT2D eigenvalue weighted by Gasteiger charge is -2.21. The van der Waals surface area contributed by atoms with Crippen molar-refractivity contribution < 1.29 is 9.59 Å². The van der Waals surface area contributed by atoms with Crippen molar-refractivity contribution in [2.45, 2.75) is 64.8 Å². The number of anilines is 1. The van der Waals surface area contributed by atoms with Gasteiger partial charge in [0.05, 0.1) is 11.0 Å². The monoisotopic (exact) mass is 458 g/mol. The number of fused-ring (bicyclic) bond motifs is 1. The van der Waals surface area contributed by atoms with Gasteiger partial charge in [-0.25, -0.2) is 4.98 Å². The van der Waals surface area contributed by atoms with Crippen molar-refractivity contribution in [3.63, 3.8) is 0 Å². The Labute approximate surface area is 201 Å². The van der Waals surface area contributed by atoms with Crippen LogP contribution in [-0.2, 0) is 16.1 Å². The van der Waals surface area contributed by atoms with E-state index < -0.39 is 0 Å². The minimum Gasteiger partial charge on any atom is -0.343 e. The maximum Gasteiger partial charge on any atom is 0.227 e. The predicted molar refractivity (Wildman–Crippen MR) is 135 cm³/mol. The molecule has 34 heavy (non-hydrogen) atoms. The fourth-order valence-corrected chi connectivity index (χ4v) is 5.56. The summed E-state index contributed by atoms with van der Waals surface area (Å²) >= 11 is 0. The number of imidazole rings is 1. The Balaban J connectivity index is 1.39. The molecule has 0 N–H and O–H groups in total. The molecule has 0 saturated carbocycles. The van der Waals surface area contributed by atoms with E-state index in [2.05, 4.69) is 42.7 Å². The normalized spacial score (nSPS) is 19.1. The van der Waals surface area contributed by atoms with Crippen molar-refractivity contribution in [1.82, 2.24) is 14.5 Å². The number of aromatic nitrogens is 2. The molecule has 2 aromatic carbocycles. The number of carbonyl (C=O) groups is 2. The molecule has 1 atom stereocenters. The Kier molecular flexibility index (Phi) is 6.40. The zero-order valence-corrected chi connectivity index (χ0v) is 20.3. The van der Waals surface area contributed by atoms with Gasteiger partial charge >= 0.3 is 0 Å². The molecule has 2 aliphatic rings. The first-order valence-corrected chi connectivity index (χ1v) is 12.6. The van der Waals surface area contributed by atoms with E-state index in [-0.39, 0.29) is 17.7 Å². The van der Waals surface area contributed by atoms with Gasteiger partial charge in [0.25, 0.3) is 0 Å². The average Bonchev–Trinajstić information content (AvgIpc) is 3.25. The summed E-state index contributed by atoms with van der Waals surface area (Å²) in [6.45, 7) is 7.09. The number of likely N-dealkylation sites (tertiary alicyclic amines) is 1. The average molecular weight is 459 g/mol. The number of hydrogen-bond donors (Lipinski definition) is 0. The maximum atomic E-state index is 13.0. The van der Waals surface area contributed by atoms with E-state index in [0.717, 1.165) is 59.6 Å². The molecule has 2 aliphatic heterocycles. The van der Waals surface area contributed by atoms with Crippen LogP contribution < -0.4 is 4.90 Å². The second-order valence-electron chi connectivity index (χ2n) is 9.91. The lowest BCUT2D eigenvalue weighted by molar-refractivity contribution is -0.131. The van der Waals surface area contributed by atoms with Gasteiger partial charge in [-0.3, -0.25) is 9.59 Å². The topological polar surface area (TPSA) is 58.4 Å². The molecule has 0 aliphatic carbocycles. The number of nitrogens with zero attached hydrogens (tertiary/aromatic N) is 4. The molecule has 2 amide bonds. The molecular weight excluding hydrogens is 424 g/mol. The third-order valence-electron chi connectivity index (χ3n) is 7.20. The fourth-order valence-electron chi connectivity index (χ4n) is 5.56. The minimum absolute atomic E-state index is 0.00834. The first-order chi connectivity index (χ1) is 16.5. The zero-order valence-electron chi connectivity index (χ0n) is 20.3. The maximum absolute atomic E-state index is 13.0. The lowest BCUT2D eigenvalue weighted by Crippen LogP contribution is -2.32. The Bertz CT molecular complexity index is 1190. The van der Waals surface area contributed by atoms with Crippen molar-refractivity contribution in [1.29, 1.82) is 0 Å². The van der Waals surface area contributed by atoms with E-state index in [1.54, 1.807) is 0 Å². The van der Waals surface area contributed by atoms with Crippen LogP contribution in [0.1, 0.15) is 61.4 Å². The molecule has 0 radical (unpaired) electrons. The number of amides is 2. The van der Waals surface area contributed by atoms with Gasteiger partial charge < -0.3 is 14.4 Å². The standard InChI is InChI=1S/C28H34N4O2/c1-20-15-21(2)17-23(16-20)32-19-22(18-27(32)34)28-29-24-9-5-6-10-25(24)31(28)14-11-26(33)30-12-7-3-4-8-13-30/h5-6,9-10,15-17,22H,3-4,7-8,11-14,18-19H2,1-2H3. The highest BCUT2D eigenvalue weighted by Gasteiger charge is 2.35. The number of aryl methyl sites for hydroxylation is 3. The first-order valence-electron chi connectivity index (χ1n) is 12.6. The third-order valence-corrected chi connectivity index (χ3v) is 7.20. The third kappa shape index (κ3) is 4.59. The van der Waals surface area contributed by atoms with Gasteiger partial charge in [-0.1, -0.05) is 31.0 Å². The number of carbonyl (C=O) groups excluding carboxylic acids is 2. The van der Waals surface area contributed by atoms with Gasteiger partial charge in [0, 0.05) is 50.6 Å². The molecule has 1 aromatic heterocycles. The summed E-state index contributed by atoms with van der Waals surface area (Å²) in [5.41, 5.74) is 5.25. The highest BCUT2D eigenvalue weighted by Crippen LogP contribution is 2.34. The van der Waals surface area contributed by atoms with E-state index in [0.29, 0.717) is 25.9 Å². The van der Waals surface area contributed by atoms with Crippen LogP contribution in [-0.4, -0.2) is 45.9 Å². The van der Waals surface area contributed by atoms with Crippen molar-refractivity contribution >= 4 is 28.5 Å². The fraction of sp³-hybridized carbons (Fsp3) is 0.464. The zero-order chi connectivity index (χ0) is 23.7. The minimum atomic E-state index is 0.00834. The molecule has 3 heterocycles. The molecule has 1 unspecified atom stereocenters. The summed E-state index contributed by atoms with van der Waals surface area (Å²) < 4.78 is 2.19. The summed E-state index contributed by atoms with van der Waals surface area (Å²) in [6, 6.07) is 14.4. The number of benzene rings is 2. The van der Waals surface area contributed by atoms with E-state index in [4.69, 9.17) is 4.98 Å². The van der Waals surface area contributed by atoms with Gasteiger partial charge in [-0.15, -0.1) is 0 Å². The molecule has 2 saturated heterocycles. The van der Waals surface area contributed by atoms with Crippen LogP contribution in [0.5, 0.6) is 0 Å². The lowest BCUT2D eigenvalue weighted by atomic mass is 10.1. The quantitative estimate of drug-likeness (QED) is 0.543. The first kappa shape index (κ1) is 22.6. The summed E-state index contributed by atoms with van der Waals surface area (Å²) in [4.78, 5) is 34.9. The second-order valence-corrected chi connectivity index (χ2v) is 9.91. The van der Waals surface area contributed by atoms with Crippen LogP contribution in [0.4, 0.5) is 5.69 Å². The molecule has 2 fully saturated rings. The summed E-state index contributed by atoms with van der Waals surface area (Å²) in [5, 5.41) is 0. The van der Waals surface area contributed by atoms with Crippen molar-refractivity contribution in [3.05, 3.63) is 59.4 Å². The van der Waals surface area contributed by atoms with Crippen LogP contribution in [0.25, 0.3) is 11.0 Å². The van der Waals surface area contributed by atoms with Crippen LogP contribution >= 0.6 is 0 Å². The molecular formula is C28H34N4O2. The summed E-state index contributed by atoms with van der Waals surface area (Å²) in [5.74, 6) is 1.29. The molecule has 3 aromatic rings. The van der Waals surface area contributed by atoms with Crippen molar-refractivity contribution in [2.75, 3.05) is 24.5 Å². The smallest absolute Gasteiger partial charge is 0.227 e. The van der Waals surface area contributed by atoms with E-state index in [1.807, 2.05) is 28.0 Å². The Morgan fingerprint density at radius 3 is 2.44 bits per heavy atom. The Morgan fingerprint density at radius 1 is 1.00 bits per heavy atom. The molecule has 0 bridgehead atoms.